The molecule has 0 radical (unpaired) electrons. The Hall–Kier alpha value is -0.0700. The Kier molecular flexibility index (Phi) is 14.1. The van der Waals surface area contributed by atoms with Gasteiger partial charge in [0, 0.05) is 13.6 Å². The molecular formula is C13H29Cl2N3O2. The highest BCUT2D eigenvalue weighted by atomic mass is 35.5. The Bertz CT molecular complexity index is 250. The largest absolute Gasteiger partial charge is 0.394 e. The zero-order valence-electron chi connectivity index (χ0n) is 12.3. The van der Waals surface area contributed by atoms with Crippen molar-refractivity contribution >= 4 is 30.7 Å². The third-order valence-electron chi connectivity index (χ3n) is 3.56. The van der Waals surface area contributed by atoms with Crippen molar-refractivity contribution in [2.75, 3.05) is 39.8 Å². The number of carbonyl (C=O) groups excluding carboxylic acids is 1. The van der Waals surface area contributed by atoms with E-state index in [4.69, 9.17) is 10.8 Å². The summed E-state index contributed by atoms with van der Waals surface area (Å²) in [5, 5.41) is 8.83. The van der Waals surface area contributed by atoms with E-state index in [1.807, 2.05) is 0 Å². The molecule has 1 fully saturated rings. The molecule has 1 aliphatic heterocycles. The number of aliphatic hydroxyl groups is 1. The highest BCUT2D eigenvalue weighted by Gasteiger charge is 2.17. The van der Waals surface area contributed by atoms with Crippen molar-refractivity contribution in [1.29, 1.82) is 0 Å². The second kappa shape index (κ2) is 12.7. The van der Waals surface area contributed by atoms with Gasteiger partial charge >= 0.3 is 0 Å². The first kappa shape index (κ1) is 22.2. The molecule has 1 aliphatic rings. The normalized spacial score (nSPS) is 17.4. The van der Waals surface area contributed by atoms with Gasteiger partial charge in [-0.2, -0.15) is 0 Å². The molecule has 20 heavy (non-hydrogen) atoms. The molecule has 1 heterocycles. The minimum atomic E-state index is -0.770. The molecule has 0 spiro atoms. The second-order valence-electron chi connectivity index (χ2n) is 5.16. The van der Waals surface area contributed by atoms with Gasteiger partial charge in [-0.15, -0.1) is 24.8 Å². The Labute approximate surface area is 134 Å². The average Bonchev–Trinajstić information content (AvgIpc) is 2.65. The predicted octanol–water partition coefficient (Wildman–Crippen LogP) is 0.874. The van der Waals surface area contributed by atoms with E-state index < -0.39 is 6.04 Å². The molecule has 0 bridgehead atoms. The molecule has 122 valence electrons. The van der Waals surface area contributed by atoms with Crippen LogP contribution in [0.2, 0.25) is 0 Å². The number of aliphatic hydroxyl groups excluding tert-OH is 1. The van der Waals surface area contributed by atoms with Crippen LogP contribution in [0.15, 0.2) is 0 Å². The van der Waals surface area contributed by atoms with Gasteiger partial charge in [-0.25, -0.2) is 0 Å². The van der Waals surface area contributed by atoms with Gasteiger partial charge in [0.25, 0.3) is 0 Å². The van der Waals surface area contributed by atoms with Crippen LogP contribution in [0, 0.1) is 0 Å². The molecule has 0 aliphatic carbocycles. The summed E-state index contributed by atoms with van der Waals surface area (Å²) in [7, 11) is 1.75. The van der Waals surface area contributed by atoms with Crippen molar-refractivity contribution in [3.63, 3.8) is 0 Å². The minimum absolute atomic E-state index is 0. The molecule has 0 saturated carbocycles. The predicted molar refractivity (Wildman–Crippen MR) is 86.7 cm³/mol. The fourth-order valence-corrected chi connectivity index (χ4v) is 2.36. The zero-order valence-corrected chi connectivity index (χ0v) is 13.9. The van der Waals surface area contributed by atoms with E-state index >= 15 is 0 Å². The molecule has 3 N–H and O–H groups in total. The van der Waals surface area contributed by atoms with E-state index in [1.54, 1.807) is 11.9 Å². The third-order valence-corrected chi connectivity index (χ3v) is 3.56. The maximum Gasteiger partial charge on any atom is 0.241 e. The summed E-state index contributed by atoms with van der Waals surface area (Å²) in [6.45, 7) is 3.85. The number of hydrogen-bond acceptors (Lipinski definition) is 4. The van der Waals surface area contributed by atoms with Gasteiger partial charge in [0.15, 0.2) is 0 Å². The topological polar surface area (TPSA) is 69.8 Å². The van der Waals surface area contributed by atoms with Gasteiger partial charge in [0.1, 0.15) is 6.04 Å². The van der Waals surface area contributed by atoms with E-state index in [1.165, 1.54) is 38.8 Å². The first-order valence-corrected chi connectivity index (χ1v) is 6.99. The molecule has 7 heteroatoms. The van der Waals surface area contributed by atoms with Crippen LogP contribution in [-0.4, -0.2) is 66.7 Å². The zero-order chi connectivity index (χ0) is 13.4. The summed E-state index contributed by atoms with van der Waals surface area (Å²) in [6, 6.07) is -0.770. The summed E-state index contributed by atoms with van der Waals surface area (Å²) in [6.07, 6.45) is 6.26. The lowest BCUT2D eigenvalue weighted by atomic mass is 10.2. The highest BCUT2D eigenvalue weighted by molar-refractivity contribution is 5.85. The van der Waals surface area contributed by atoms with E-state index in [-0.39, 0.29) is 37.3 Å². The number of hydrogen-bond donors (Lipinski definition) is 2. The van der Waals surface area contributed by atoms with Crippen LogP contribution >= 0.6 is 24.8 Å². The van der Waals surface area contributed by atoms with Gasteiger partial charge in [0.2, 0.25) is 5.91 Å². The molecule has 1 atom stereocenters. The monoisotopic (exact) mass is 329 g/mol. The lowest BCUT2D eigenvalue weighted by molar-refractivity contribution is -0.132. The van der Waals surface area contributed by atoms with Gasteiger partial charge in [0.05, 0.1) is 6.61 Å². The molecule has 0 aromatic heterocycles. The fourth-order valence-electron chi connectivity index (χ4n) is 2.36. The summed E-state index contributed by atoms with van der Waals surface area (Å²) < 4.78 is 0. The third kappa shape index (κ3) is 8.27. The van der Waals surface area contributed by atoms with Crippen molar-refractivity contribution in [3.05, 3.63) is 0 Å². The van der Waals surface area contributed by atoms with Crippen molar-refractivity contribution in [1.82, 2.24) is 9.80 Å². The molecular weight excluding hydrogens is 301 g/mol. The Morgan fingerprint density at radius 2 is 1.80 bits per heavy atom. The van der Waals surface area contributed by atoms with E-state index in [2.05, 4.69) is 4.90 Å². The van der Waals surface area contributed by atoms with Crippen LogP contribution in [0.25, 0.3) is 0 Å². The SMILES string of the molecule is CN(CCCN1CCCCCC1)C(=O)[C@@H](N)CO.Cl.Cl. The molecule has 0 aromatic rings. The number of carbonyl (C=O) groups is 1. The van der Waals surface area contributed by atoms with E-state index in [0.717, 1.165) is 13.0 Å². The van der Waals surface area contributed by atoms with Crippen molar-refractivity contribution in [2.24, 2.45) is 5.73 Å². The number of likely N-dealkylation sites (N-methyl/N-ethyl adjacent to an activating group) is 1. The van der Waals surface area contributed by atoms with Gasteiger partial charge < -0.3 is 20.6 Å². The summed E-state index contributed by atoms with van der Waals surface area (Å²) in [5.41, 5.74) is 5.50. The first-order chi connectivity index (χ1) is 8.65. The summed E-state index contributed by atoms with van der Waals surface area (Å²) >= 11 is 0. The molecule has 5 nitrogen and oxygen atoms in total. The van der Waals surface area contributed by atoms with Crippen LogP contribution in [0.1, 0.15) is 32.1 Å². The second-order valence-corrected chi connectivity index (χ2v) is 5.16. The molecule has 1 amide bonds. The van der Waals surface area contributed by atoms with Crippen LogP contribution < -0.4 is 5.73 Å². The number of nitrogens with two attached hydrogens (primary N) is 1. The van der Waals surface area contributed by atoms with Crippen LogP contribution in [0.3, 0.4) is 0 Å². The lowest BCUT2D eigenvalue weighted by Crippen LogP contribution is -2.44. The maximum atomic E-state index is 11.6. The Morgan fingerprint density at radius 3 is 2.30 bits per heavy atom. The quantitative estimate of drug-likeness (QED) is 0.758. The van der Waals surface area contributed by atoms with Crippen LogP contribution in [-0.2, 0) is 4.79 Å². The molecule has 0 aromatic carbocycles. The Morgan fingerprint density at radius 1 is 1.25 bits per heavy atom. The molecule has 1 rings (SSSR count). The minimum Gasteiger partial charge on any atom is -0.394 e. The first-order valence-electron chi connectivity index (χ1n) is 6.99. The highest BCUT2D eigenvalue weighted by Crippen LogP contribution is 2.09. The number of rotatable bonds is 6. The lowest BCUT2D eigenvalue weighted by Gasteiger charge is -2.23. The number of nitrogens with zero attached hydrogens (tertiary/aromatic N) is 2. The van der Waals surface area contributed by atoms with Crippen LogP contribution in [0.4, 0.5) is 0 Å². The van der Waals surface area contributed by atoms with Gasteiger partial charge in [-0.1, -0.05) is 12.8 Å². The summed E-state index contributed by atoms with van der Waals surface area (Å²) in [4.78, 5) is 15.7. The van der Waals surface area contributed by atoms with E-state index in [9.17, 15) is 4.79 Å². The average molecular weight is 330 g/mol. The smallest absolute Gasteiger partial charge is 0.241 e. The summed E-state index contributed by atoms with van der Waals surface area (Å²) in [5.74, 6) is -0.173. The Balaban J connectivity index is 0. The molecule has 0 unspecified atom stereocenters. The fraction of sp³-hybridized carbons (Fsp3) is 0.923. The van der Waals surface area contributed by atoms with Crippen LogP contribution in [0.5, 0.6) is 0 Å². The van der Waals surface area contributed by atoms with Crippen molar-refractivity contribution in [2.45, 2.75) is 38.1 Å². The molecule has 1 saturated heterocycles. The van der Waals surface area contributed by atoms with E-state index in [0.29, 0.717) is 6.54 Å². The van der Waals surface area contributed by atoms with Crippen molar-refractivity contribution < 1.29 is 9.90 Å². The number of amides is 1. The van der Waals surface area contributed by atoms with Crippen molar-refractivity contribution in [3.8, 4) is 0 Å². The standard InChI is InChI=1S/C13H27N3O2.2ClH/c1-15(13(18)12(14)11-17)7-6-10-16-8-4-2-3-5-9-16;;/h12,17H,2-11,14H2,1H3;2*1H/t12-;;/m0../s1. The number of likely N-dealkylation sites (tertiary alicyclic amines) is 1. The number of halogens is 2. The van der Waals surface area contributed by atoms with Gasteiger partial charge in [-0.3, -0.25) is 4.79 Å². The maximum absolute atomic E-state index is 11.6. The van der Waals surface area contributed by atoms with Gasteiger partial charge in [-0.05, 0) is 38.9 Å².